The summed E-state index contributed by atoms with van der Waals surface area (Å²) in [6.07, 6.45) is 1.01. The fourth-order valence-corrected chi connectivity index (χ4v) is 3.08. The lowest BCUT2D eigenvalue weighted by atomic mass is 9.90. The fourth-order valence-electron chi connectivity index (χ4n) is 2.95. The Hall–Kier alpha value is -1.86. The average Bonchev–Trinajstić information content (AvgIpc) is 2.46. The molecule has 3 aromatic rings. The number of halogens is 1. The van der Waals surface area contributed by atoms with Crippen molar-refractivity contribution in [3.05, 3.63) is 64.3 Å². The van der Waals surface area contributed by atoms with Crippen molar-refractivity contribution in [2.24, 2.45) is 0 Å². The van der Waals surface area contributed by atoms with Gasteiger partial charge in [0.05, 0.1) is 5.52 Å². The first kappa shape index (κ1) is 14.1. The first-order valence-electron chi connectivity index (χ1n) is 7.26. The van der Waals surface area contributed by atoms with Gasteiger partial charge in [0.25, 0.3) is 0 Å². The second-order valence-electron chi connectivity index (χ2n) is 5.43. The van der Waals surface area contributed by atoms with Crippen molar-refractivity contribution in [3.63, 3.8) is 0 Å². The van der Waals surface area contributed by atoms with Crippen LogP contribution < -0.4 is 0 Å². The van der Waals surface area contributed by atoms with Crippen LogP contribution in [0, 0.1) is 13.8 Å². The Morgan fingerprint density at radius 2 is 1.71 bits per heavy atom. The fraction of sp³-hybridized carbons (Fsp3) is 0.211. The molecule has 0 bridgehead atoms. The van der Waals surface area contributed by atoms with E-state index in [1.807, 2.05) is 19.1 Å². The first-order valence-corrected chi connectivity index (χ1v) is 7.63. The SMILES string of the molecule is CCc1c(C)cc2nc(C)ccc2c1-c1ccc(Cl)cc1. The maximum atomic E-state index is 6.03. The highest BCUT2D eigenvalue weighted by molar-refractivity contribution is 6.30. The molecule has 106 valence electrons. The van der Waals surface area contributed by atoms with Crippen molar-refractivity contribution < 1.29 is 0 Å². The molecule has 0 atom stereocenters. The van der Waals surface area contributed by atoms with Crippen LogP contribution in [0.1, 0.15) is 23.7 Å². The maximum Gasteiger partial charge on any atom is 0.0714 e. The summed E-state index contributed by atoms with van der Waals surface area (Å²) in [5.74, 6) is 0. The van der Waals surface area contributed by atoms with Crippen LogP contribution in [0.15, 0.2) is 42.5 Å². The molecule has 0 unspecified atom stereocenters. The van der Waals surface area contributed by atoms with E-state index in [0.717, 1.165) is 22.7 Å². The Balaban J connectivity index is 2.39. The Kier molecular flexibility index (Phi) is 3.69. The minimum absolute atomic E-state index is 0.766. The molecular formula is C19H18ClN. The summed E-state index contributed by atoms with van der Waals surface area (Å²) in [6.45, 7) is 6.40. The number of fused-ring (bicyclic) bond motifs is 1. The minimum atomic E-state index is 0.766. The number of pyridine rings is 1. The van der Waals surface area contributed by atoms with Crippen LogP contribution in [0.3, 0.4) is 0 Å². The minimum Gasteiger partial charge on any atom is -0.253 e. The summed E-state index contributed by atoms with van der Waals surface area (Å²) in [4.78, 5) is 4.69. The summed E-state index contributed by atoms with van der Waals surface area (Å²) < 4.78 is 0. The molecule has 21 heavy (non-hydrogen) atoms. The maximum absolute atomic E-state index is 6.03. The van der Waals surface area contributed by atoms with Crippen molar-refractivity contribution in [2.45, 2.75) is 27.2 Å². The standard InChI is InChI=1S/C19H18ClN/c1-4-16-12(2)11-18-17(10-5-13(3)21-18)19(16)14-6-8-15(20)9-7-14/h5-11H,4H2,1-3H3. The predicted molar refractivity (Wildman–Crippen MR) is 91.0 cm³/mol. The predicted octanol–water partition coefficient (Wildman–Crippen LogP) is 5.73. The highest BCUT2D eigenvalue weighted by atomic mass is 35.5. The van der Waals surface area contributed by atoms with Gasteiger partial charge in [-0.3, -0.25) is 4.98 Å². The molecule has 1 heterocycles. The van der Waals surface area contributed by atoms with Crippen LogP contribution >= 0.6 is 11.6 Å². The van der Waals surface area contributed by atoms with Crippen LogP contribution in [0.25, 0.3) is 22.0 Å². The zero-order valence-corrected chi connectivity index (χ0v) is 13.3. The van der Waals surface area contributed by atoms with E-state index in [0.29, 0.717) is 0 Å². The highest BCUT2D eigenvalue weighted by Gasteiger charge is 2.12. The molecule has 0 spiro atoms. The van der Waals surface area contributed by atoms with Gasteiger partial charge in [0.15, 0.2) is 0 Å². The van der Waals surface area contributed by atoms with E-state index in [4.69, 9.17) is 11.6 Å². The van der Waals surface area contributed by atoms with E-state index in [-0.39, 0.29) is 0 Å². The van der Waals surface area contributed by atoms with Crippen LogP contribution in [0.5, 0.6) is 0 Å². The third kappa shape index (κ3) is 2.54. The molecule has 1 nitrogen and oxygen atoms in total. The molecule has 0 amide bonds. The Morgan fingerprint density at radius 3 is 2.38 bits per heavy atom. The normalized spacial score (nSPS) is 11.0. The van der Waals surface area contributed by atoms with Crippen LogP contribution in [-0.4, -0.2) is 4.98 Å². The zero-order chi connectivity index (χ0) is 15.0. The van der Waals surface area contributed by atoms with Crippen LogP contribution in [0.2, 0.25) is 5.02 Å². The first-order chi connectivity index (χ1) is 10.1. The summed E-state index contributed by atoms with van der Waals surface area (Å²) in [7, 11) is 0. The lowest BCUT2D eigenvalue weighted by molar-refractivity contribution is 1.11. The molecule has 2 heteroatoms. The van der Waals surface area contributed by atoms with Gasteiger partial charge in [0, 0.05) is 16.1 Å². The van der Waals surface area contributed by atoms with E-state index in [2.05, 4.69) is 49.2 Å². The topological polar surface area (TPSA) is 12.9 Å². The average molecular weight is 296 g/mol. The van der Waals surface area contributed by atoms with Gasteiger partial charge in [-0.1, -0.05) is 36.7 Å². The number of hydrogen-bond donors (Lipinski definition) is 0. The number of benzene rings is 2. The molecule has 0 aliphatic carbocycles. The second kappa shape index (κ2) is 5.50. The Morgan fingerprint density at radius 1 is 1.00 bits per heavy atom. The van der Waals surface area contributed by atoms with Crippen molar-refractivity contribution in [3.8, 4) is 11.1 Å². The third-order valence-corrected chi connectivity index (χ3v) is 4.20. The summed E-state index contributed by atoms with van der Waals surface area (Å²) >= 11 is 6.03. The molecule has 0 N–H and O–H groups in total. The van der Waals surface area contributed by atoms with Crippen LogP contribution in [-0.2, 0) is 6.42 Å². The molecule has 0 saturated heterocycles. The van der Waals surface area contributed by atoms with Crippen molar-refractivity contribution >= 4 is 22.5 Å². The molecule has 0 fully saturated rings. The van der Waals surface area contributed by atoms with Crippen molar-refractivity contribution in [1.29, 1.82) is 0 Å². The molecule has 3 rings (SSSR count). The van der Waals surface area contributed by atoms with Gasteiger partial charge in [-0.2, -0.15) is 0 Å². The van der Waals surface area contributed by atoms with E-state index in [1.165, 1.54) is 27.6 Å². The third-order valence-electron chi connectivity index (χ3n) is 3.95. The molecule has 0 saturated carbocycles. The summed E-state index contributed by atoms with van der Waals surface area (Å²) in [5, 5.41) is 1.98. The lowest BCUT2D eigenvalue weighted by Gasteiger charge is -2.15. The number of hydrogen-bond acceptors (Lipinski definition) is 1. The monoisotopic (exact) mass is 295 g/mol. The quantitative estimate of drug-likeness (QED) is 0.588. The van der Waals surface area contributed by atoms with E-state index >= 15 is 0 Å². The van der Waals surface area contributed by atoms with Gasteiger partial charge in [-0.15, -0.1) is 0 Å². The molecule has 0 radical (unpaired) electrons. The molecule has 2 aromatic carbocycles. The van der Waals surface area contributed by atoms with E-state index < -0.39 is 0 Å². The Bertz CT molecular complexity index is 804. The highest BCUT2D eigenvalue weighted by Crippen LogP contribution is 2.34. The van der Waals surface area contributed by atoms with Crippen LogP contribution in [0.4, 0.5) is 0 Å². The smallest absolute Gasteiger partial charge is 0.0714 e. The van der Waals surface area contributed by atoms with E-state index in [9.17, 15) is 0 Å². The zero-order valence-electron chi connectivity index (χ0n) is 12.6. The molecule has 1 aromatic heterocycles. The Labute approximate surface area is 130 Å². The van der Waals surface area contributed by atoms with Gasteiger partial charge in [0.2, 0.25) is 0 Å². The molecular weight excluding hydrogens is 278 g/mol. The number of rotatable bonds is 2. The largest absolute Gasteiger partial charge is 0.253 e. The van der Waals surface area contributed by atoms with Crippen molar-refractivity contribution in [1.82, 2.24) is 4.98 Å². The number of nitrogens with zero attached hydrogens (tertiary/aromatic N) is 1. The molecule has 0 aliphatic heterocycles. The number of aromatic nitrogens is 1. The van der Waals surface area contributed by atoms with Gasteiger partial charge in [0.1, 0.15) is 0 Å². The summed E-state index contributed by atoms with van der Waals surface area (Å²) in [6, 6.07) is 14.5. The van der Waals surface area contributed by atoms with Crippen molar-refractivity contribution in [2.75, 3.05) is 0 Å². The summed E-state index contributed by atoms with van der Waals surface area (Å²) in [5.41, 5.74) is 7.29. The number of aryl methyl sites for hydroxylation is 2. The van der Waals surface area contributed by atoms with E-state index in [1.54, 1.807) is 0 Å². The molecule has 0 aliphatic rings. The lowest BCUT2D eigenvalue weighted by Crippen LogP contribution is -1.96. The van der Waals surface area contributed by atoms with Gasteiger partial charge >= 0.3 is 0 Å². The van der Waals surface area contributed by atoms with Gasteiger partial charge in [-0.25, -0.2) is 0 Å². The van der Waals surface area contributed by atoms with Gasteiger partial charge < -0.3 is 0 Å². The second-order valence-corrected chi connectivity index (χ2v) is 5.86. The van der Waals surface area contributed by atoms with Gasteiger partial charge in [-0.05, 0) is 66.8 Å².